The van der Waals surface area contributed by atoms with Crippen LogP contribution in [0, 0.1) is 23.7 Å². The highest BCUT2D eigenvalue weighted by molar-refractivity contribution is 5.94. The van der Waals surface area contributed by atoms with E-state index in [-0.39, 0.29) is 41.4 Å². The molecule has 9 atom stereocenters. The van der Waals surface area contributed by atoms with E-state index in [1.54, 1.807) is 6.08 Å². The van der Waals surface area contributed by atoms with Crippen molar-refractivity contribution in [3.05, 3.63) is 60.2 Å². The van der Waals surface area contributed by atoms with Crippen LogP contribution in [0.3, 0.4) is 0 Å². The number of aliphatic hydroxyl groups excluding tert-OH is 1. The van der Waals surface area contributed by atoms with Crippen molar-refractivity contribution in [3.8, 4) is 0 Å². The average molecular weight is 480 g/mol. The molecule has 0 radical (unpaired) electrons. The van der Waals surface area contributed by atoms with E-state index in [4.69, 9.17) is 9.47 Å². The lowest BCUT2D eigenvalue weighted by Crippen LogP contribution is -2.61. The largest absolute Gasteiger partial charge is 0.445 e. The summed E-state index contributed by atoms with van der Waals surface area (Å²) in [6.45, 7) is 6.42. The number of rotatable bonds is 2. The van der Waals surface area contributed by atoms with E-state index in [0.29, 0.717) is 25.2 Å². The molecule has 4 aliphatic rings. The molecule has 1 aliphatic carbocycles. The predicted octanol–water partition coefficient (Wildman–Crippen LogP) is 3.73. The highest BCUT2D eigenvalue weighted by atomic mass is 16.6. The van der Waals surface area contributed by atoms with Crippen LogP contribution in [0.15, 0.2) is 54.6 Å². The maximum atomic E-state index is 13.8. The lowest BCUT2D eigenvalue weighted by Gasteiger charge is -2.45. The van der Waals surface area contributed by atoms with Gasteiger partial charge in [0.1, 0.15) is 0 Å². The number of esters is 1. The Morgan fingerprint density at radius 3 is 2.63 bits per heavy atom. The zero-order chi connectivity index (χ0) is 24.8. The van der Waals surface area contributed by atoms with Gasteiger partial charge in [-0.05, 0) is 56.4 Å². The van der Waals surface area contributed by atoms with Gasteiger partial charge in [0.25, 0.3) is 5.91 Å². The molecule has 1 saturated carbocycles. The Hall–Kier alpha value is -2.44. The monoisotopic (exact) mass is 479 g/mol. The van der Waals surface area contributed by atoms with Gasteiger partial charge < -0.3 is 19.9 Å². The summed E-state index contributed by atoms with van der Waals surface area (Å²) < 4.78 is 12.5. The minimum absolute atomic E-state index is 0.0150. The van der Waals surface area contributed by atoms with Crippen molar-refractivity contribution in [3.63, 3.8) is 0 Å². The number of fused-ring (bicyclic) bond motifs is 2. The van der Waals surface area contributed by atoms with Gasteiger partial charge in [0, 0.05) is 18.0 Å². The Kier molecular flexibility index (Phi) is 6.39. The van der Waals surface area contributed by atoms with Gasteiger partial charge >= 0.3 is 5.97 Å². The first kappa shape index (κ1) is 24.3. The molecule has 2 N–H and O–H groups in total. The van der Waals surface area contributed by atoms with Crippen molar-refractivity contribution in [2.45, 2.75) is 82.3 Å². The average Bonchev–Trinajstić information content (AvgIpc) is 3.44. The van der Waals surface area contributed by atoms with E-state index in [1.165, 1.54) is 6.08 Å². The second-order valence-electron chi connectivity index (χ2n) is 11.2. The van der Waals surface area contributed by atoms with Gasteiger partial charge in [0.05, 0.1) is 23.7 Å². The molecular weight excluding hydrogens is 442 g/mol. The lowest BCUT2D eigenvalue weighted by molar-refractivity contribution is -0.177. The fraction of sp³-hybridized carbons (Fsp3) is 0.586. The van der Waals surface area contributed by atoms with E-state index in [2.05, 4.69) is 50.4 Å². The summed E-state index contributed by atoms with van der Waals surface area (Å²) in [6.07, 6.45) is 10.0. The highest BCUT2D eigenvalue weighted by Crippen LogP contribution is 2.63. The Labute approximate surface area is 207 Å². The van der Waals surface area contributed by atoms with Crippen LogP contribution >= 0.6 is 0 Å². The van der Waals surface area contributed by atoms with E-state index in [1.807, 2.05) is 18.2 Å². The minimum atomic E-state index is -1.33. The van der Waals surface area contributed by atoms with Crippen LogP contribution < -0.4 is 5.32 Å². The molecule has 9 unspecified atom stereocenters. The van der Waals surface area contributed by atoms with Crippen molar-refractivity contribution in [1.29, 1.82) is 0 Å². The number of benzene rings is 1. The molecule has 0 aromatic heterocycles. The fourth-order valence-corrected chi connectivity index (χ4v) is 6.70. The van der Waals surface area contributed by atoms with E-state index >= 15 is 0 Å². The number of carbonyl (C=O) groups excluding carboxylic acids is 2. The molecule has 188 valence electrons. The molecule has 3 heterocycles. The number of amides is 1. The fourth-order valence-electron chi connectivity index (χ4n) is 6.70. The quantitative estimate of drug-likeness (QED) is 0.383. The van der Waals surface area contributed by atoms with Gasteiger partial charge in [-0.3, -0.25) is 4.79 Å². The zero-order valence-electron chi connectivity index (χ0n) is 20.9. The number of ether oxygens (including phenoxy) is 2. The summed E-state index contributed by atoms with van der Waals surface area (Å²) in [6, 6.07) is 9.94. The SMILES string of the molecule is CC1CC=CC2C3OC3(C)C(C)C3C(Cc4ccccc4)NC(=O)C23OC(=O)C=CCC(O)CC1. The molecule has 1 amide bonds. The Balaban J connectivity index is 1.55. The molecule has 6 heteroatoms. The van der Waals surface area contributed by atoms with E-state index in [9.17, 15) is 14.7 Å². The van der Waals surface area contributed by atoms with Crippen molar-refractivity contribution in [2.24, 2.45) is 23.7 Å². The zero-order valence-corrected chi connectivity index (χ0v) is 20.9. The molecule has 6 nitrogen and oxygen atoms in total. The molecule has 3 aliphatic heterocycles. The van der Waals surface area contributed by atoms with Crippen LogP contribution in [0.2, 0.25) is 0 Å². The minimum Gasteiger partial charge on any atom is -0.445 e. The van der Waals surface area contributed by atoms with Gasteiger partial charge in [-0.25, -0.2) is 4.79 Å². The van der Waals surface area contributed by atoms with Gasteiger partial charge in [0.2, 0.25) is 5.60 Å². The summed E-state index contributed by atoms with van der Waals surface area (Å²) in [5.41, 5.74) is -0.551. The molecule has 1 spiro atoms. The number of aliphatic hydroxyl groups is 1. The van der Waals surface area contributed by atoms with Crippen LogP contribution in [-0.2, 0) is 25.5 Å². The number of hydrogen-bond donors (Lipinski definition) is 2. The van der Waals surface area contributed by atoms with Gasteiger partial charge in [0.15, 0.2) is 0 Å². The number of hydrogen-bond acceptors (Lipinski definition) is 5. The molecule has 35 heavy (non-hydrogen) atoms. The molecule has 2 saturated heterocycles. The number of allylic oxidation sites excluding steroid dienone is 1. The lowest BCUT2D eigenvalue weighted by atomic mass is 9.59. The highest BCUT2D eigenvalue weighted by Gasteiger charge is 2.78. The summed E-state index contributed by atoms with van der Waals surface area (Å²) in [5.74, 6) is -0.947. The topological polar surface area (TPSA) is 88.2 Å². The number of carbonyl (C=O) groups is 2. The van der Waals surface area contributed by atoms with Crippen LogP contribution in [0.4, 0.5) is 0 Å². The number of epoxide rings is 1. The van der Waals surface area contributed by atoms with Crippen molar-refractivity contribution >= 4 is 11.9 Å². The van der Waals surface area contributed by atoms with Gasteiger partial charge in [-0.15, -0.1) is 0 Å². The Morgan fingerprint density at radius 2 is 1.86 bits per heavy atom. The maximum Gasteiger partial charge on any atom is 0.331 e. The molecule has 3 fully saturated rings. The summed E-state index contributed by atoms with van der Waals surface area (Å²) in [7, 11) is 0. The standard InChI is InChI=1S/C29H37NO5/c1-18-9-7-13-22-26-28(3,35-26)19(2)25-23(17-20-10-5-4-6-11-20)30-27(33)29(22,25)34-24(32)14-8-12-21(31)16-15-18/h4-8,10-11,13-14,18-19,21-23,25-26,31H,9,12,15-17H2,1-3H3,(H,30,33). The maximum absolute atomic E-state index is 13.8. The van der Waals surface area contributed by atoms with Crippen LogP contribution in [0.25, 0.3) is 0 Å². The van der Waals surface area contributed by atoms with E-state index < -0.39 is 17.7 Å². The normalized spacial score (nSPS) is 43.3. The van der Waals surface area contributed by atoms with Crippen LogP contribution in [0.1, 0.15) is 52.0 Å². The number of nitrogens with one attached hydrogen (secondary N) is 1. The van der Waals surface area contributed by atoms with E-state index in [0.717, 1.165) is 18.4 Å². The second-order valence-corrected chi connectivity index (χ2v) is 11.2. The first-order valence-electron chi connectivity index (χ1n) is 13.0. The summed E-state index contributed by atoms with van der Waals surface area (Å²) in [4.78, 5) is 26.9. The van der Waals surface area contributed by atoms with Crippen molar-refractivity contribution in [2.75, 3.05) is 0 Å². The third-order valence-electron chi connectivity index (χ3n) is 8.86. The Morgan fingerprint density at radius 1 is 1.09 bits per heavy atom. The first-order valence-corrected chi connectivity index (χ1v) is 13.0. The molecule has 5 rings (SSSR count). The smallest absolute Gasteiger partial charge is 0.331 e. The van der Waals surface area contributed by atoms with Gasteiger partial charge in [-0.1, -0.05) is 62.4 Å². The molecular formula is C29H37NO5. The third-order valence-corrected chi connectivity index (χ3v) is 8.86. The second kappa shape index (κ2) is 9.21. The van der Waals surface area contributed by atoms with Crippen molar-refractivity contribution < 1.29 is 24.2 Å². The Bertz CT molecular complexity index is 1020. The van der Waals surface area contributed by atoms with Crippen LogP contribution in [0.5, 0.6) is 0 Å². The summed E-state index contributed by atoms with van der Waals surface area (Å²) >= 11 is 0. The van der Waals surface area contributed by atoms with Crippen LogP contribution in [-0.4, -0.2) is 46.4 Å². The molecule has 1 aromatic rings. The van der Waals surface area contributed by atoms with Gasteiger partial charge in [-0.2, -0.15) is 0 Å². The predicted molar refractivity (Wildman–Crippen MR) is 132 cm³/mol. The molecule has 0 bridgehead atoms. The summed E-state index contributed by atoms with van der Waals surface area (Å²) in [5, 5.41) is 13.5. The molecule has 1 aromatic carbocycles. The van der Waals surface area contributed by atoms with Crippen molar-refractivity contribution in [1.82, 2.24) is 5.32 Å². The third kappa shape index (κ3) is 4.25. The first-order chi connectivity index (χ1) is 16.8.